The van der Waals surface area contributed by atoms with Crippen LogP contribution in [-0.4, -0.2) is 54.7 Å². The number of hydrogen-bond acceptors (Lipinski definition) is 5. The van der Waals surface area contributed by atoms with Crippen molar-refractivity contribution in [3.8, 4) is 0 Å². The quantitative estimate of drug-likeness (QED) is 0.822. The zero-order valence-corrected chi connectivity index (χ0v) is 16.2. The highest BCUT2D eigenvalue weighted by molar-refractivity contribution is 5.95. The summed E-state index contributed by atoms with van der Waals surface area (Å²) in [6, 6.07) is 3.92. The van der Waals surface area contributed by atoms with E-state index in [1.165, 1.54) is 6.42 Å². The zero-order chi connectivity index (χ0) is 19.2. The molecule has 1 saturated heterocycles. The normalized spacial score (nSPS) is 23.7. The molecule has 7 heteroatoms. The summed E-state index contributed by atoms with van der Waals surface area (Å²) in [7, 11) is 0. The van der Waals surface area contributed by atoms with Gasteiger partial charge in [-0.1, -0.05) is 19.3 Å². The molecule has 148 valence electrons. The minimum atomic E-state index is -0.329. The van der Waals surface area contributed by atoms with E-state index >= 15 is 0 Å². The fraction of sp³-hybridized carbons (Fsp3) is 0.650. The van der Waals surface area contributed by atoms with Crippen molar-refractivity contribution >= 4 is 17.5 Å². The van der Waals surface area contributed by atoms with Gasteiger partial charge in [0.1, 0.15) is 5.69 Å². The van der Waals surface area contributed by atoms with Crippen LogP contribution in [0, 0.1) is 0 Å². The number of amides is 2. The lowest BCUT2D eigenvalue weighted by atomic mass is 9.95. The number of carbonyl (C=O) groups is 2. The van der Waals surface area contributed by atoms with Gasteiger partial charge >= 0.3 is 0 Å². The van der Waals surface area contributed by atoms with Crippen molar-refractivity contribution in [2.24, 2.45) is 0 Å². The SMILES string of the molecule is CC1CN(c2ccnc(C(=O)NCC(=O)NC3CCCCC3)c2)CC(C)O1. The number of anilines is 1. The summed E-state index contributed by atoms with van der Waals surface area (Å²) in [4.78, 5) is 30.8. The number of nitrogens with zero attached hydrogens (tertiary/aromatic N) is 2. The Hall–Kier alpha value is -2.15. The lowest BCUT2D eigenvalue weighted by molar-refractivity contribution is -0.121. The first-order chi connectivity index (χ1) is 13.0. The van der Waals surface area contributed by atoms with Gasteiger partial charge < -0.3 is 20.3 Å². The Bertz CT molecular complexity index is 650. The summed E-state index contributed by atoms with van der Waals surface area (Å²) < 4.78 is 5.76. The van der Waals surface area contributed by atoms with E-state index in [9.17, 15) is 9.59 Å². The molecule has 2 aliphatic rings. The highest BCUT2D eigenvalue weighted by Gasteiger charge is 2.23. The Kier molecular flexibility index (Phi) is 6.66. The fourth-order valence-corrected chi connectivity index (χ4v) is 3.91. The predicted octanol–water partition coefficient (Wildman–Crippen LogP) is 1.87. The van der Waals surface area contributed by atoms with Gasteiger partial charge in [0.2, 0.25) is 5.91 Å². The average Bonchev–Trinajstić information content (AvgIpc) is 2.66. The molecule has 3 rings (SSSR count). The Morgan fingerprint density at radius 1 is 1.19 bits per heavy atom. The topological polar surface area (TPSA) is 83.6 Å². The first kappa shape index (κ1) is 19.6. The Morgan fingerprint density at radius 2 is 1.89 bits per heavy atom. The Morgan fingerprint density at radius 3 is 2.59 bits per heavy atom. The van der Waals surface area contributed by atoms with Gasteiger partial charge in [0.05, 0.1) is 18.8 Å². The van der Waals surface area contributed by atoms with Crippen LogP contribution in [0.4, 0.5) is 5.69 Å². The van der Waals surface area contributed by atoms with Gasteiger partial charge in [-0.05, 0) is 38.8 Å². The largest absolute Gasteiger partial charge is 0.372 e. The summed E-state index contributed by atoms with van der Waals surface area (Å²) in [5.41, 5.74) is 1.27. The second-order valence-electron chi connectivity index (χ2n) is 7.65. The van der Waals surface area contributed by atoms with Crippen LogP contribution in [0.25, 0.3) is 0 Å². The van der Waals surface area contributed by atoms with Gasteiger partial charge in [-0.2, -0.15) is 0 Å². The van der Waals surface area contributed by atoms with Gasteiger partial charge in [-0.3, -0.25) is 14.6 Å². The maximum absolute atomic E-state index is 12.4. The zero-order valence-electron chi connectivity index (χ0n) is 16.2. The maximum Gasteiger partial charge on any atom is 0.270 e. The van der Waals surface area contributed by atoms with Crippen molar-refractivity contribution in [3.05, 3.63) is 24.0 Å². The molecule has 2 amide bonds. The molecular formula is C20H30N4O3. The second-order valence-corrected chi connectivity index (χ2v) is 7.65. The summed E-state index contributed by atoms with van der Waals surface area (Å²) in [6.45, 7) is 5.62. The smallest absolute Gasteiger partial charge is 0.270 e. The molecule has 0 bridgehead atoms. The summed E-state index contributed by atoms with van der Waals surface area (Å²) in [5.74, 6) is -0.466. The van der Waals surface area contributed by atoms with Crippen LogP contribution in [0.2, 0.25) is 0 Å². The van der Waals surface area contributed by atoms with Gasteiger partial charge in [0.25, 0.3) is 5.91 Å². The molecule has 1 aliphatic carbocycles. The van der Waals surface area contributed by atoms with E-state index in [0.29, 0.717) is 5.69 Å². The molecule has 27 heavy (non-hydrogen) atoms. The third kappa shape index (κ3) is 5.66. The number of pyridine rings is 1. The van der Waals surface area contributed by atoms with Crippen LogP contribution in [-0.2, 0) is 9.53 Å². The highest BCUT2D eigenvalue weighted by Crippen LogP contribution is 2.20. The third-order valence-electron chi connectivity index (χ3n) is 5.14. The van der Waals surface area contributed by atoms with E-state index in [4.69, 9.17) is 4.74 Å². The van der Waals surface area contributed by atoms with E-state index in [0.717, 1.165) is 44.5 Å². The van der Waals surface area contributed by atoms with Crippen molar-refractivity contribution in [2.75, 3.05) is 24.5 Å². The van der Waals surface area contributed by atoms with Crippen molar-refractivity contribution in [1.29, 1.82) is 0 Å². The number of morpholine rings is 1. The monoisotopic (exact) mass is 374 g/mol. The molecule has 2 atom stereocenters. The number of carbonyl (C=O) groups excluding carboxylic acids is 2. The van der Waals surface area contributed by atoms with E-state index in [1.807, 2.05) is 19.9 Å². The molecule has 1 aromatic heterocycles. The summed E-state index contributed by atoms with van der Waals surface area (Å²) in [6.07, 6.45) is 7.53. The van der Waals surface area contributed by atoms with Crippen molar-refractivity contribution in [1.82, 2.24) is 15.6 Å². The van der Waals surface area contributed by atoms with Crippen molar-refractivity contribution in [3.63, 3.8) is 0 Å². The number of rotatable bonds is 5. The van der Waals surface area contributed by atoms with Crippen LogP contribution in [0.5, 0.6) is 0 Å². The van der Waals surface area contributed by atoms with E-state index in [1.54, 1.807) is 12.3 Å². The predicted molar refractivity (Wildman–Crippen MR) is 104 cm³/mol. The van der Waals surface area contributed by atoms with Crippen LogP contribution in [0.3, 0.4) is 0 Å². The molecule has 0 radical (unpaired) electrons. The van der Waals surface area contributed by atoms with Gasteiger partial charge in [-0.25, -0.2) is 0 Å². The average molecular weight is 374 g/mol. The van der Waals surface area contributed by atoms with E-state index in [2.05, 4.69) is 20.5 Å². The second kappa shape index (κ2) is 9.17. The molecule has 1 saturated carbocycles. The minimum absolute atomic E-state index is 0.0210. The molecule has 0 spiro atoms. The molecule has 7 nitrogen and oxygen atoms in total. The van der Waals surface area contributed by atoms with Crippen LogP contribution in [0.1, 0.15) is 56.4 Å². The molecule has 1 aliphatic heterocycles. The number of nitrogens with one attached hydrogen (secondary N) is 2. The van der Waals surface area contributed by atoms with E-state index in [-0.39, 0.29) is 36.6 Å². The molecule has 2 fully saturated rings. The first-order valence-electron chi connectivity index (χ1n) is 9.95. The van der Waals surface area contributed by atoms with E-state index < -0.39 is 0 Å². The lowest BCUT2D eigenvalue weighted by Crippen LogP contribution is -2.45. The van der Waals surface area contributed by atoms with Crippen molar-refractivity contribution < 1.29 is 14.3 Å². The molecule has 0 aromatic carbocycles. The van der Waals surface area contributed by atoms with Crippen LogP contribution >= 0.6 is 0 Å². The molecule has 1 aromatic rings. The highest BCUT2D eigenvalue weighted by atomic mass is 16.5. The first-order valence-corrected chi connectivity index (χ1v) is 9.95. The van der Waals surface area contributed by atoms with Gasteiger partial charge in [0, 0.05) is 31.0 Å². The number of hydrogen-bond donors (Lipinski definition) is 2. The number of aromatic nitrogens is 1. The fourth-order valence-electron chi connectivity index (χ4n) is 3.91. The summed E-state index contributed by atoms with van der Waals surface area (Å²) in [5, 5.41) is 5.68. The molecule has 2 heterocycles. The minimum Gasteiger partial charge on any atom is -0.372 e. The van der Waals surface area contributed by atoms with Crippen LogP contribution in [0.15, 0.2) is 18.3 Å². The number of ether oxygens (including phenoxy) is 1. The molecule has 2 N–H and O–H groups in total. The molecular weight excluding hydrogens is 344 g/mol. The lowest BCUT2D eigenvalue weighted by Gasteiger charge is -2.36. The Labute approximate surface area is 160 Å². The standard InChI is InChI=1S/C20H30N4O3/c1-14-12-24(13-15(2)27-14)17-8-9-21-18(10-17)20(26)22-11-19(25)23-16-6-4-3-5-7-16/h8-10,14-16H,3-7,11-13H2,1-2H3,(H,22,26)(H,23,25). The Balaban J connectivity index is 1.53. The van der Waals surface area contributed by atoms with Crippen molar-refractivity contribution in [2.45, 2.75) is 64.2 Å². The molecule has 2 unspecified atom stereocenters. The van der Waals surface area contributed by atoms with Crippen LogP contribution < -0.4 is 15.5 Å². The summed E-state index contributed by atoms with van der Waals surface area (Å²) >= 11 is 0. The van der Waals surface area contributed by atoms with Gasteiger partial charge in [0.15, 0.2) is 0 Å². The third-order valence-corrected chi connectivity index (χ3v) is 5.14. The van der Waals surface area contributed by atoms with Gasteiger partial charge in [-0.15, -0.1) is 0 Å². The maximum atomic E-state index is 12.4.